The number of nitrogens with zero attached hydrogens (tertiary/aromatic N) is 2. The standard InChI is InChI=1S/C15H17N3OS/c1-19-13-4-2-3-11(7-13)9-18-6-5-12-8-16-15(20)17-14(12)10-18/h2-4,7-8H,5-6,9-10H2,1H3,(H,16,17,20). The maximum Gasteiger partial charge on any atom is 0.196 e. The fourth-order valence-corrected chi connectivity index (χ4v) is 2.73. The molecule has 0 spiro atoms. The van der Waals surface area contributed by atoms with E-state index in [1.165, 1.54) is 16.8 Å². The third-order valence-corrected chi connectivity index (χ3v) is 3.81. The van der Waals surface area contributed by atoms with Gasteiger partial charge >= 0.3 is 0 Å². The number of benzene rings is 1. The van der Waals surface area contributed by atoms with Crippen LogP contribution in [-0.4, -0.2) is 28.5 Å². The molecule has 0 fully saturated rings. The van der Waals surface area contributed by atoms with Crippen molar-refractivity contribution in [1.29, 1.82) is 0 Å². The highest BCUT2D eigenvalue weighted by molar-refractivity contribution is 7.71. The van der Waals surface area contributed by atoms with Crippen LogP contribution in [0.25, 0.3) is 0 Å². The normalized spacial score (nSPS) is 14.8. The number of hydrogen-bond acceptors (Lipinski definition) is 4. The zero-order chi connectivity index (χ0) is 13.9. The average Bonchev–Trinajstić information content (AvgIpc) is 2.47. The molecule has 4 nitrogen and oxygen atoms in total. The summed E-state index contributed by atoms with van der Waals surface area (Å²) < 4.78 is 5.83. The molecule has 0 atom stereocenters. The van der Waals surface area contributed by atoms with Gasteiger partial charge in [0.15, 0.2) is 4.77 Å². The minimum atomic E-state index is 0.562. The van der Waals surface area contributed by atoms with E-state index in [0.717, 1.165) is 31.8 Å². The lowest BCUT2D eigenvalue weighted by atomic mass is 10.1. The van der Waals surface area contributed by atoms with Gasteiger partial charge in [-0.3, -0.25) is 4.90 Å². The van der Waals surface area contributed by atoms with Gasteiger partial charge in [-0.15, -0.1) is 0 Å². The number of ether oxygens (including phenoxy) is 1. The molecule has 0 amide bonds. The Morgan fingerprint density at radius 3 is 3.20 bits per heavy atom. The second-order valence-electron chi connectivity index (χ2n) is 5.00. The van der Waals surface area contributed by atoms with E-state index in [1.54, 1.807) is 7.11 Å². The Hall–Kier alpha value is -1.72. The van der Waals surface area contributed by atoms with E-state index >= 15 is 0 Å². The van der Waals surface area contributed by atoms with Gasteiger partial charge in [0.25, 0.3) is 0 Å². The Bertz CT molecular complexity index is 668. The number of methoxy groups -OCH3 is 1. The third kappa shape index (κ3) is 2.89. The quantitative estimate of drug-likeness (QED) is 0.881. The van der Waals surface area contributed by atoms with Gasteiger partial charge in [0.05, 0.1) is 7.11 Å². The Labute approximate surface area is 123 Å². The molecule has 0 saturated carbocycles. The minimum absolute atomic E-state index is 0.562. The summed E-state index contributed by atoms with van der Waals surface area (Å²) in [6, 6.07) is 8.22. The van der Waals surface area contributed by atoms with E-state index in [4.69, 9.17) is 17.0 Å². The van der Waals surface area contributed by atoms with E-state index in [-0.39, 0.29) is 0 Å². The van der Waals surface area contributed by atoms with Crippen LogP contribution in [0.4, 0.5) is 0 Å². The summed E-state index contributed by atoms with van der Waals surface area (Å²) in [6.07, 6.45) is 2.91. The van der Waals surface area contributed by atoms with E-state index in [1.807, 2.05) is 18.3 Å². The minimum Gasteiger partial charge on any atom is -0.497 e. The SMILES string of the molecule is COc1cccc(CN2CCc3cnc(=S)[nH]c3C2)c1. The first kappa shape index (κ1) is 13.3. The number of fused-ring (bicyclic) bond motifs is 1. The summed E-state index contributed by atoms with van der Waals surface area (Å²) in [5.41, 5.74) is 3.74. The first-order chi connectivity index (χ1) is 9.74. The summed E-state index contributed by atoms with van der Waals surface area (Å²) in [5, 5.41) is 0. The lowest BCUT2D eigenvalue weighted by Crippen LogP contribution is -2.31. The van der Waals surface area contributed by atoms with Crippen LogP contribution >= 0.6 is 12.2 Å². The molecule has 2 aromatic rings. The van der Waals surface area contributed by atoms with E-state index in [0.29, 0.717) is 4.77 Å². The van der Waals surface area contributed by atoms with Gasteiger partial charge in [0.1, 0.15) is 5.75 Å². The van der Waals surface area contributed by atoms with Crippen molar-refractivity contribution < 1.29 is 4.74 Å². The Morgan fingerprint density at radius 2 is 2.35 bits per heavy atom. The van der Waals surface area contributed by atoms with Gasteiger partial charge in [-0.25, -0.2) is 4.98 Å². The third-order valence-electron chi connectivity index (χ3n) is 3.60. The molecule has 1 aromatic heterocycles. The highest BCUT2D eigenvalue weighted by Gasteiger charge is 2.17. The van der Waals surface area contributed by atoms with Crippen molar-refractivity contribution in [3.05, 3.63) is 52.1 Å². The molecule has 3 rings (SSSR count). The van der Waals surface area contributed by atoms with Gasteiger partial charge < -0.3 is 9.72 Å². The van der Waals surface area contributed by atoms with Gasteiger partial charge in [0, 0.05) is 31.5 Å². The van der Waals surface area contributed by atoms with Crippen LogP contribution in [0.1, 0.15) is 16.8 Å². The molecule has 0 saturated heterocycles. The molecule has 5 heteroatoms. The van der Waals surface area contributed by atoms with E-state index in [2.05, 4.69) is 27.0 Å². The molecule has 104 valence electrons. The molecule has 0 bridgehead atoms. The van der Waals surface area contributed by atoms with Crippen LogP contribution in [0, 0.1) is 4.77 Å². The topological polar surface area (TPSA) is 41.1 Å². The first-order valence-electron chi connectivity index (χ1n) is 6.67. The van der Waals surface area contributed by atoms with Crippen LogP contribution < -0.4 is 4.74 Å². The summed E-state index contributed by atoms with van der Waals surface area (Å²) in [7, 11) is 1.70. The van der Waals surface area contributed by atoms with Crippen LogP contribution in [0.3, 0.4) is 0 Å². The van der Waals surface area contributed by atoms with Crippen molar-refractivity contribution in [1.82, 2.24) is 14.9 Å². The number of aromatic amines is 1. The number of rotatable bonds is 3. The Kier molecular flexibility index (Phi) is 3.80. The van der Waals surface area contributed by atoms with Crippen LogP contribution in [0.2, 0.25) is 0 Å². The number of hydrogen-bond donors (Lipinski definition) is 1. The molecule has 20 heavy (non-hydrogen) atoms. The lowest BCUT2D eigenvalue weighted by Gasteiger charge is -2.28. The van der Waals surface area contributed by atoms with Crippen molar-refractivity contribution in [3.8, 4) is 5.75 Å². The van der Waals surface area contributed by atoms with E-state index < -0.39 is 0 Å². The van der Waals surface area contributed by atoms with Gasteiger partial charge in [0.2, 0.25) is 0 Å². The number of aromatic nitrogens is 2. The molecular weight excluding hydrogens is 270 g/mol. The highest BCUT2D eigenvalue weighted by atomic mass is 32.1. The second kappa shape index (κ2) is 5.73. The summed E-state index contributed by atoms with van der Waals surface area (Å²) in [4.78, 5) is 9.76. The fraction of sp³-hybridized carbons (Fsp3) is 0.333. The van der Waals surface area contributed by atoms with Crippen molar-refractivity contribution in [3.63, 3.8) is 0 Å². The molecule has 0 aliphatic carbocycles. The molecular formula is C15H17N3OS. The summed E-state index contributed by atoms with van der Waals surface area (Å²) in [5.74, 6) is 0.906. The van der Waals surface area contributed by atoms with Crippen molar-refractivity contribution in [2.24, 2.45) is 0 Å². The van der Waals surface area contributed by atoms with Gasteiger partial charge in [-0.1, -0.05) is 12.1 Å². The summed E-state index contributed by atoms with van der Waals surface area (Å²) >= 11 is 5.10. The predicted molar refractivity (Wildman–Crippen MR) is 80.2 cm³/mol. The van der Waals surface area contributed by atoms with Crippen molar-refractivity contribution >= 4 is 12.2 Å². The maximum absolute atomic E-state index is 5.27. The van der Waals surface area contributed by atoms with Crippen LogP contribution in [-0.2, 0) is 19.5 Å². The average molecular weight is 287 g/mol. The second-order valence-corrected chi connectivity index (χ2v) is 5.39. The Balaban J connectivity index is 1.75. The molecule has 0 radical (unpaired) electrons. The van der Waals surface area contributed by atoms with E-state index in [9.17, 15) is 0 Å². The number of nitrogens with one attached hydrogen (secondary N) is 1. The molecule has 1 aromatic carbocycles. The zero-order valence-electron chi connectivity index (χ0n) is 11.4. The monoisotopic (exact) mass is 287 g/mol. The van der Waals surface area contributed by atoms with Crippen LogP contribution in [0.5, 0.6) is 5.75 Å². The highest BCUT2D eigenvalue weighted by Crippen LogP contribution is 2.20. The largest absolute Gasteiger partial charge is 0.497 e. The molecule has 2 heterocycles. The zero-order valence-corrected chi connectivity index (χ0v) is 12.2. The molecule has 1 aliphatic heterocycles. The summed E-state index contributed by atoms with van der Waals surface area (Å²) in [6.45, 7) is 2.84. The van der Waals surface area contributed by atoms with Crippen molar-refractivity contribution in [2.45, 2.75) is 19.5 Å². The van der Waals surface area contributed by atoms with Gasteiger partial charge in [-0.05, 0) is 41.9 Å². The van der Waals surface area contributed by atoms with Crippen LogP contribution in [0.15, 0.2) is 30.5 Å². The Morgan fingerprint density at radius 1 is 1.45 bits per heavy atom. The molecule has 1 aliphatic rings. The van der Waals surface area contributed by atoms with Crippen molar-refractivity contribution in [2.75, 3.05) is 13.7 Å². The smallest absolute Gasteiger partial charge is 0.196 e. The molecule has 1 N–H and O–H groups in total. The number of H-pyrrole nitrogens is 1. The maximum atomic E-state index is 5.27. The fourth-order valence-electron chi connectivity index (χ4n) is 2.56. The first-order valence-corrected chi connectivity index (χ1v) is 7.08. The predicted octanol–water partition coefficient (Wildman–Crippen LogP) is 2.71. The van der Waals surface area contributed by atoms with Gasteiger partial charge in [-0.2, -0.15) is 0 Å². The lowest BCUT2D eigenvalue weighted by molar-refractivity contribution is 0.240. The molecule has 0 unspecified atom stereocenters.